The SMILES string of the molecule is [O-][NH+]1[CH]Cc2ccccc21. The molecular weight excluding hydrogens is 126 g/mol. The van der Waals surface area contributed by atoms with E-state index >= 15 is 0 Å². The Morgan fingerprint density at radius 2 is 2.10 bits per heavy atom. The number of para-hydroxylation sites is 1. The molecule has 0 saturated heterocycles. The number of rotatable bonds is 0. The molecule has 1 aromatic rings. The normalized spacial score (nSPS) is 22.7. The standard InChI is InChI=1S/C8H8NO/c10-9-6-5-7-3-1-2-4-8(7)9/h1-4,6,9H,5H2. The maximum absolute atomic E-state index is 11.0. The fraction of sp³-hybridized carbons (Fsp3) is 0.125. The van der Waals surface area contributed by atoms with Gasteiger partial charge in [0, 0.05) is 12.0 Å². The van der Waals surface area contributed by atoms with Crippen molar-refractivity contribution in [3.8, 4) is 0 Å². The summed E-state index contributed by atoms with van der Waals surface area (Å²) in [4.78, 5) is 0. The fourth-order valence-electron chi connectivity index (χ4n) is 1.25. The van der Waals surface area contributed by atoms with Gasteiger partial charge in [-0.2, -0.15) is 0 Å². The molecule has 0 spiro atoms. The van der Waals surface area contributed by atoms with Gasteiger partial charge >= 0.3 is 0 Å². The number of benzene rings is 1. The molecule has 10 heavy (non-hydrogen) atoms. The van der Waals surface area contributed by atoms with Crippen LogP contribution in [0.3, 0.4) is 0 Å². The first-order chi connectivity index (χ1) is 4.88. The average Bonchev–Trinajstić information content (AvgIpc) is 2.34. The van der Waals surface area contributed by atoms with Gasteiger partial charge in [-0.05, 0) is 6.07 Å². The van der Waals surface area contributed by atoms with Gasteiger partial charge in [0.05, 0.1) is 0 Å². The van der Waals surface area contributed by atoms with Gasteiger partial charge in [-0.25, -0.2) is 0 Å². The van der Waals surface area contributed by atoms with Crippen molar-refractivity contribution in [3.63, 3.8) is 0 Å². The Balaban J connectivity index is 2.51. The molecular formula is C8H8NO. The molecule has 0 aliphatic carbocycles. The maximum atomic E-state index is 11.0. The Hall–Kier alpha value is -0.860. The second-order valence-electron chi connectivity index (χ2n) is 2.43. The van der Waals surface area contributed by atoms with Crippen LogP contribution in [0.15, 0.2) is 24.3 Å². The highest BCUT2D eigenvalue weighted by Gasteiger charge is 2.17. The van der Waals surface area contributed by atoms with Gasteiger partial charge < -0.3 is 10.3 Å². The van der Waals surface area contributed by atoms with Crippen LogP contribution >= 0.6 is 0 Å². The molecule has 1 heterocycles. The van der Waals surface area contributed by atoms with Crippen LogP contribution in [-0.4, -0.2) is 0 Å². The minimum absolute atomic E-state index is 0.176. The summed E-state index contributed by atoms with van der Waals surface area (Å²) in [5, 5.41) is 11.2. The minimum Gasteiger partial charge on any atom is -0.628 e. The lowest BCUT2D eigenvalue weighted by Gasteiger charge is -2.13. The molecule has 2 rings (SSSR count). The first kappa shape index (κ1) is 5.89. The van der Waals surface area contributed by atoms with Gasteiger partial charge in [-0.15, -0.1) is 0 Å². The van der Waals surface area contributed by atoms with E-state index in [1.54, 1.807) is 6.54 Å². The molecule has 0 bridgehead atoms. The summed E-state index contributed by atoms with van der Waals surface area (Å²) in [6.07, 6.45) is 0.814. The predicted molar refractivity (Wildman–Crippen MR) is 38.4 cm³/mol. The van der Waals surface area contributed by atoms with Crippen molar-refractivity contribution in [2.24, 2.45) is 0 Å². The Morgan fingerprint density at radius 3 is 2.90 bits per heavy atom. The minimum atomic E-state index is 0.176. The lowest BCUT2D eigenvalue weighted by molar-refractivity contribution is -0.734. The van der Waals surface area contributed by atoms with Crippen molar-refractivity contribution in [2.75, 3.05) is 0 Å². The molecule has 2 heteroatoms. The summed E-state index contributed by atoms with van der Waals surface area (Å²) in [5.41, 5.74) is 2.04. The first-order valence-corrected chi connectivity index (χ1v) is 3.33. The van der Waals surface area contributed by atoms with Crippen molar-refractivity contribution in [2.45, 2.75) is 6.42 Å². The fourth-order valence-corrected chi connectivity index (χ4v) is 1.25. The van der Waals surface area contributed by atoms with Gasteiger partial charge in [-0.1, -0.05) is 18.2 Å². The van der Waals surface area contributed by atoms with E-state index in [4.69, 9.17) is 0 Å². The summed E-state index contributed by atoms with van der Waals surface area (Å²) >= 11 is 0. The largest absolute Gasteiger partial charge is 0.628 e. The van der Waals surface area contributed by atoms with E-state index in [9.17, 15) is 5.21 Å². The second kappa shape index (κ2) is 2.08. The summed E-state index contributed by atoms with van der Waals surface area (Å²) in [5.74, 6) is 0. The Labute approximate surface area is 59.7 Å². The lowest BCUT2D eigenvalue weighted by atomic mass is 10.2. The summed E-state index contributed by atoms with van der Waals surface area (Å²) in [6.45, 7) is 1.73. The highest BCUT2D eigenvalue weighted by atomic mass is 16.5. The van der Waals surface area contributed by atoms with E-state index in [1.165, 1.54) is 0 Å². The Kier molecular flexibility index (Phi) is 1.22. The molecule has 0 saturated carbocycles. The van der Waals surface area contributed by atoms with Crippen LogP contribution in [0.5, 0.6) is 0 Å². The van der Waals surface area contributed by atoms with Crippen LogP contribution < -0.4 is 5.06 Å². The summed E-state index contributed by atoms with van der Waals surface area (Å²) < 4.78 is 0. The number of hydrogen-bond acceptors (Lipinski definition) is 1. The van der Waals surface area contributed by atoms with Gasteiger partial charge in [0.15, 0.2) is 0 Å². The molecule has 1 aromatic carbocycles. The van der Waals surface area contributed by atoms with Crippen molar-refractivity contribution in [1.82, 2.24) is 0 Å². The van der Waals surface area contributed by atoms with E-state index in [-0.39, 0.29) is 5.06 Å². The van der Waals surface area contributed by atoms with E-state index in [1.807, 2.05) is 24.3 Å². The van der Waals surface area contributed by atoms with Crippen LogP contribution in [0.2, 0.25) is 0 Å². The molecule has 1 N–H and O–H groups in total. The Bertz CT molecular complexity index is 247. The molecule has 0 aromatic heterocycles. The highest BCUT2D eigenvalue weighted by Crippen LogP contribution is 2.15. The summed E-state index contributed by atoms with van der Waals surface area (Å²) in [6, 6.07) is 7.74. The van der Waals surface area contributed by atoms with Gasteiger partial charge in [-0.3, -0.25) is 0 Å². The molecule has 1 radical (unpaired) electrons. The van der Waals surface area contributed by atoms with Crippen molar-refractivity contribution >= 4 is 5.69 Å². The van der Waals surface area contributed by atoms with Gasteiger partial charge in [0.25, 0.3) is 0 Å². The van der Waals surface area contributed by atoms with Crippen LogP contribution in [0.4, 0.5) is 5.69 Å². The number of fused-ring (bicyclic) bond motifs is 1. The first-order valence-electron chi connectivity index (χ1n) is 3.33. The Morgan fingerprint density at radius 1 is 1.30 bits per heavy atom. The zero-order chi connectivity index (χ0) is 6.97. The molecule has 1 unspecified atom stereocenters. The van der Waals surface area contributed by atoms with E-state index in [0.29, 0.717) is 0 Å². The third-order valence-corrected chi connectivity index (χ3v) is 1.79. The van der Waals surface area contributed by atoms with E-state index < -0.39 is 0 Å². The smallest absolute Gasteiger partial charge is 0.149 e. The average molecular weight is 134 g/mol. The monoisotopic (exact) mass is 134 g/mol. The third-order valence-electron chi connectivity index (χ3n) is 1.79. The zero-order valence-corrected chi connectivity index (χ0v) is 5.50. The van der Waals surface area contributed by atoms with Crippen molar-refractivity contribution in [3.05, 3.63) is 41.6 Å². The number of hydrogen-bond donors (Lipinski definition) is 1. The van der Waals surface area contributed by atoms with Crippen LogP contribution in [-0.2, 0) is 6.42 Å². The number of nitrogens with one attached hydrogen (secondary N) is 1. The topological polar surface area (TPSA) is 27.5 Å². The maximum Gasteiger partial charge on any atom is 0.149 e. The molecule has 0 amide bonds. The van der Waals surface area contributed by atoms with E-state index in [0.717, 1.165) is 17.7 Å². The number of quaternary nitrogens is 1. The molecule has 1 aliphatic rings. The molecule has 2 nitrogen and oxygen atoms in total. The lowest BCUT2D eigenvalue weighted by Crippen LogP contribution is -2.97. The van der Waals surface area contributed by atoms with Gasteiger partial charge in [0.2, 0.25) is 0 Å². The zero-order valence-electron chi connectivity index (χ0n) is 5.50. The second-order valence-corrected chi connectivity index (χ2v) is 2.43. The molecule has 0 fully saturated rings. The number of hydroxylamine groups is 1. The molecule has 51 valence electrons. The predicted octanol–water partition coefficient (Wildman–Crippen LogP) is 0.419. The molecule has 1 aliphatic heterocycles. The highest BCUT2D eigenvalue weighted by molar-refractivity contribution is 5.42. The van der Waals surface area contributed by atoms with Crippen LogP contribution in [0, 0.1) is 11.8 Å². The molecule has 1 atom stereocenters. The van der Waals surface area contributed by atoms with E-state index in [2.05, 4.69) is 0 Å². The third kappa shape index (κ3) is 0.735. The van der Waals surface area contributed by atoms with Crippen molar-refractivity contribution in [1.29, 1.82) is 0 Å². The van der Waals surface area contributed by atoms with Gasteiger partial charge in [0.1, 0.15) is 12.2 Å². The van der Waals surface area contributed by atoms with Crippen LogP contribution in [0.1, 0.15) is 5.56 Å². The quantitative estimate of drug-likeness (QED) is 0.511. The van der Waals surface area contributed by atoms with Crippen LogP contribution in [0.25, 0.3) is 0 Å². The van der Waals surface area contributed by atoms with Crippen molar-refractivity contribution < 1.29 is 5.06 Å². The summed E-state index contributed by atoms with van der Waals surface area (Å²) in [7, 11) is 0.